The minimum atomic E-state index is 0.728. The zero-order valence-corrected chi connectivity index (χ0v) is 10.6. The van der Waals surface area contributed by atoms with E-state index in [0.717, 1.165) is 38.0 Å². The van der Waals surface area contributed by atoms with E-state index in [9.17, 15) is 0 Å². The topological polar surface area (TPSA) is 29.3 Å². The Balaban J connectivity index is 2.44. The Kier molecular flexibility index (Phi) is 6.52. The Morgan fingerprint density at radius 2 is 2.00 bits per heavy atom. The molecule has 1 aliphatic carbocycles. The van der Waals surface area contributed by atoms with E-state index in [0.29, 0.717) is 0 Å². The van der Waals surface area contributed by atoms with Crippen LogP contribution in [0.2, 0.25) is 0 Å². The molecule has 1 fully saturated rings. The molecule has 2 unspecified atom stereocenters. The maximum absolute atomic E-state index is 5.86. The Hall–Kier alpha value is -0.520. The summed E-state index contributed by atoms with van der Waals surface area (Å²) < 4.78 is 0. The Morgan fingerprint density at radius 1 is 1.31 bits per heavy atom. The molecule has 0 bridgehead atoms. The normalized spacial score (nSPS) is 25.6. The van der Waals surface area contributed by atoms with Gasteiger partial charge in [0.2, 0.25) is 0 Å². The molecule has 1 aliphatic rings. The zero-order valence-electron chi connectivity index (χ0n) is 10.6. The van der Waals surface area contributed by atoms with Crippen LogP contribution in [0.15, 0.2) is 0 Å². The van der Waals surface area contributed by atoms with Gasteiger partial charge >= 0.3 is 0 Å². The van der Waals surface area contributed by atoms with E-state index in [2.05, 4.69) is 17.7 Å². The van der Waals surface area contributed by atoms with Crippen LogP contribution in [0.5, 0.6) is 0 Å². The summed E-state index contributed by atoms with van der Waals surface area (Å²) in [5.74, 6) is 4.27. The quantitative estimate of drug-likeness (QED) is 0.697. The third-order valence-electron chi connectivity index (χ3n) is 3.72. The van der Waals surface area contributed by atoms with Gasteiger partial charge < -0.3 is 5.73 Å². The molecule has 0 spiro atoms. The van der Waals surface area contributed by atoms with Crippen molar-refractivity contribution in [1.29, 1.82) is 0 Å². The molecule has 0 aromatic carbocycles. The van der Waals surface area contributed by atoms with Crippen LogP contribution in [0.3, 0.4) is 0 Å². The van der Waals surface area contributed by atoms with Crippen molar-refractivity contribution < 1.29 is 0 Å². The maximum atomic E-state index is 5.86. The third kappa shape index (κ3) is 4.15. The van der Waals surface area contributed by atoms with Crippen molar-refractivity contribution in [2.75, 3.05) is 26.2 Å². The largest absolute Gasteiger partial charge is 0.330 e. The smallest absolute Gasteiger partial charge is 0.0599 e. The fraction of sp³-hybridized carbons (Fsp3) is 0.857. The first-order valence-electron chi connectivity index (χ1n) is 6.67. The summed E-state index contributed by atoms with van der Waals surface area (Å²) >= 11 is 0. The molecule has 0 saturated heterocycles. The molecule has 2 heteroatoms. The molecular weight excluding hydrogens is 196 g/mol. The molecule has 0 aliphatic heterocycles. The van der Waals surface area contributed by atoms with Crippen molar-refractivity contribution in [2.24, 2.45) is 17.6 Å². The third-order valence-corrected chi connectivity index (χ3v) is 3.72. The fourth-order valence-corrected chi connectivity index (χ4v) is 2.85. The van der Waals surface area contributed by atoms with E-state index in [1.165, 1.54) is 32.1 Å². The SMILES string of the molecule is C#CCN(CCC)CC1CCCCC1CN. The average Bonchev–Trinajstić information content (AvgIpc) is 2.30. The number of terminal acetylenes is 1. The van der Waals surface area contributed by atoms with E-state index in [4.69, 9.17) is 12.2 Å². The summed E-state index contributed by atoms with van der Waals surface area (Å²) in [5, 5.41) is 0. The van der Waals surface area contributed by atoms with Crippen LogP contribution in [-0.4, -0.2) is 31.1 Å². The van der Waals surface area contributed by atoms with Crippen LogP contribution in [0, 0.1) is 24.2 Å². The van der Waals surface area contributed by atoms with Crippen molar-refractivity contribution >= 4 is 0 Å². The summed E-state index contributed by atoms with van der Waals surface area (Å²) in [6, 6.07) is 0. The van der Waals surface area contributed by atoms with E-state index in [-0.39, 0.29) is 0 Å². The number of hydrogen-bond donors (Lipinski definition) is 1. The van der Waals surface area contributed by atoms with Crippen molar-refractivity contribution in [3.05, 3.63) is 0 Å². The minimum Gasteiger partial charge on any atom is -0.330 e. The van der Waals surface area contributed by atoms with Gasteiger partial charge in [-0.05, 0) is 44.2 Å². The minimum absolute atomic E-state index is 0.728. The predicted molar refractivity (Wildman–Crippen MR) is 70.1 cm³/mol. The highest BCUT2D eigenvalue weighted by Gasteiger charge is 2.25. The molecule has 0 radical (unpaired) electrons. The second-order valence-electron chi connectivity index (χ2n) is 4.98. The lowest BCUT2D eigenvalue weighted by Gasteiger charge is -2.34. The molecule has 1 rings (SSSR count). The number of nitrogens with zero attached hydrogens (tertiary/aromatic N) is 1. The van der Waals surface area contributed by atoms with Crippen molar-refractivity contribution in [2.45, 2.75) is 39.0 Å². The maximum Gasteiger partial charge on any atom is 0.0599 e. The first kappa shape index (κ1) is 13.5. The van der Waals surface area contributed by atoms with E-state index >= 15 is 0 Å². The number of hydrogen-bond acceptors (Lipinski definition) is 2. The van der Waals surface area contributed by atoms with Gasteiger partial charge in [0.25, 0.3) is 0 Å². The molecule has 0 aromatic rings. The van der Waals surface area contributed by atoms with Gasteiger partial charge in [-0.3, -0.25) is 4.90 Å². The lowest BCUT2D eigenvalue weighted by molar-refractivity contribution is 0.165. The first-order chi connectivity index (χ1) is 7.81. The van der Waals surface area contributed by atoms with Gasteiger partial charge in [-0.1, -0.05) is 25.7 Å². The first-order valence-corrected chi connectivity index (χ1v) is 6.67. The van der Waals surface area contributed by atoms with Crippen LogP contribution in [0.4, 0.5) is 0 Å². The lowest BCUT2D eigenvalue weighted by atomic mass is 9.79. The van der Waals surface area contributed by atoms with Crippen LogP contribution in [0.25, 0.3) is 0 Å². The van der Waals surface area contributed by atoms with Gasteiger partial charge in [0.15, 0.2) is 0 Å². The van der Waals surface area contributed by atoms with Crippen molar-refractivity contribution in [3.8, 4) is 12.3 Å². The molecule has 0 aromatic heterocycles. The van der Waals surface area contributed by atoms with Gasteiger partial charge in [-0.2, -0.15) is 0 Å². The summed E-state index contributed by atoms with van der Waals surface area (Å²) in [6.45, 7) is 6.13. The average molecular weight is 222 g/mol. The number of rotatable bonds is 6. The van der Waals surface area contributed by atoms with Gasteiger partial charge in [-0.15, -0.1) is 6.42 Å². The highest BCUT2D eigenvalue weighted by atomic mass is 15.1. The molecule has 2 N–H and O–H groups in total. The molecule has 0 amide bonds. The van der Waals surface area contributed by atoms with Crippen LogP contribution in [0.1, 0.15) is 39.0 Å². The molecular formula is C14H26N2. The monoisotopic (exact) mass is 222 g/mol. The Bertz CT molecular complexity index is 219. The van der Waals surface area contributed by atoms with Gasteiger partial charge in [0.05, 0.1) is 6.54 Å². The van der Waals surface area contributed by atoms with Crippen LogP contribution < -0.4 is 5.73 Å². The van der Waals surface area contributed by atoms with Crippen molar-refractivity contribution in [1.82, 2.24) is 4.90 Å². The second-order valence-corrected chi connectivity index (χ2v) is 4.98. The molecule has 2 nitrogen and oxygen atoms in total. The van der Waals surface area contributed by atoms with Gasteiger partial charge in [0, 0.05) is 6.54 Å². The Labute approximate surface area is 101 Å². The van der Waals surface area contributed by atoms with E-state index < -0.39 is 0 Å². The van der Waals surface area contributed by atoms with Crippen LogP contribution in [-0.2, 0) is 0 Å². The molecule has 0 heterocycles. The zero-order chi connectivity index (χ0) is 11.8. The van der Waals surface area contributed by atoms with Gasteiger partial charge in [0.1, 0.15) is 0 Å². The summed E-state index contributed by atoms with van der Waals surface area (Å²) in [7, 11) is 0. The molecule has 16 heavy (non-hydrogen) atoms. The number of nitrogens with two attached hydrogens (primary N) is 1. The molecule has 92 valence electrons. The predicted octanol–water partition coefficient (Wildman–Crippen LogP) is 2.10. The highest BCUT2D eigenvalue weighted by molar-refractivity contribution is 4.89. The Morgan fingerprint density at radius 3 is 2.56 bits per heavy atom. The van der Waals surface area contributed by atoms with Gasteiger partial charge in [-0.25, -0.2) is 0 Å². The molecule has 2 atom stereocenters. The highest BCUT2D eigenvalue weighted by Crippen LogP contribution is 2.29. The lowest BCUT2D eigenvalue weighted by Crippen LogP contribution is -2.37. The second kappa shape index (κ2) is 7.70. The summed E-state index contributed by atoms with van der Waals surface area (Å²) in [5.41, 5.74) is 5.86. The van der Waals surface area contributed by atoms with E-state index in [1.54, 1.807) is 0 Å². The fourth-order valence-electron chi connectivity index (χ4n) is 2.85. The molecule has 1 saturated carbocycles. The standard InChI is InChI=1S/C14H26N2/c1-3-9-16(10-4-2)12-14-8-6-5-7-13(14)11-15/h1,13-14H,4-12,15H2,2H3. The van der Waals surface area contributed by atoms with E-state index in [1.807, 2.05) is 0 Å². The summed E-state index contributed by atoms with van der Waals surface area (Å²) in [4.78, 5) is 2.42. The summed E-state index contributed by atoms with van der Waals surface area (Å²) in [6.07, 6.45) is 12.0. The van der Waals surface area contributed by atoms with Crippen LogP contribution >= 0.6 is 0 Å². The van der Waals surface area contributed by atoms with Crippen molar-refractivity contribution in [3.63, 3.8) is 0 Å².